The molecule has 0 amide bonds. The van der Waals surface area contributed by atoms with Crippen LogP contribution in [0.3, 0.4) is 0 Å². The van der Waals surface area contributed by atoms with Gasteiger partial charge >= 0.3 is 11.9 Å². The van der Waals surface area contributed by atoms with Gasteiger partial charge in [0, 0.05) is 23.0 Å². The second-order valence-electron chi connectivity index (χ2n) is 8.38. The van der Waals surface area contributed by atoms with E-state index < -0.39 is 23.1 Å². The Bertz CT molecular complexity index is 798. The Hall–Kier alpha value is -2.11. The van der Waals surface area contributed by atoms with E-state index in [1.54, 1.807) is 0 Å². The molecule has 1 aliphatic carbocycles. The number of carbonyl (C=O) groups excluding carboxylic acids is 1. The number of alkyl halides is 2. The third-order valence-electron chi connectivity index (χ3n) is 5.85. The zero-order valence-corrected chi connectivity index (χ0v) is 16.9. The van der Waals surface area contributed by atoms with E-state index in [0.717, 1.165) is 25.3 Å². The molecule has 1 aromatic carbocycles. The molecular weight excluding hydrogens is 366 g/mol. The highest BCUT2D eigenvalue weighted by molar-refractivity contribution is 5.80. The highest BCUT2D eigenvalue weighted by Gasteiger charge is 2.48. The summed E-state index contributed by atoms with van der Waals surface area (Å²) in [7, 11) is 0. The van der Waals surface area contributed by atoms with Gasteiger partial charge in [0.2, 0.25) is 0 Å². The molecule has 2 unspecified atom stereocenters. The van der Waals surface area contributed by atoms with Crippen LogP contribution in [0.1, 0.15) is 70.4 Å². The van der Waals surface area contributed by atoms with Crippen molar-refractivity contribution in [2.45, 2.75) is 70.8 Å². The first-order valence-electron chi connectivity index (χ1n) is 9.85. The van der Waals surface area contributed by atoms with Gasteiger partial charge in [-0.3, -0.25) is 0 Å². The summed E-state index contributed by atoms with van der Waals surface area (Å²) in [6, 6.07) is 2.16. The predicted molar refractivity (Wildman–Crippen MR) is 102 cm³/mol. The molecular formula is C22H28F2O4. The zero-order chi connectivity index (χ0) is 20.7. The first-order valence-corrected chi connectivity index (χ1v) is 9.85. The highest BCUT2D eigenvalue weighted by Crippen LogP contribution is 2.55. The van der Waals surface area contributed by atoms with Crippen LogP contribution in [0.15, 0.2) is 23.8 Å². The van der Waals surface area contributed by atoms with Crippen LogP contribution in [-0.2, 0) is 15.5 Å². The number of aromatic hydroxyl groups is 1. The van der Waals surface area contributed by atoms with Crippen LogP contribution in [0, 0.1) is 5.92 Å². The normalized spacial score (nSPS) is 23.1. The molecule has 3 rings (SSSR count). The number of benzene rings is 1. The first kappa shape index (κ1) is 20.6. The molecule has 0 radical (unpaired) electrons. The number of halogens is 2. The summed E-state index contributed by atoms with van der Waals surface area (Å²) in [6.45, 7) is 7.72. The van der Waals surface area contributed by atoms with Gasteiger partial charge in [0.05, 0.1) is 6.61 Å². The average Bonchev–Trinajstić information content (AvgIpc) is 2.60. The Balaban J connectivity index is 1.98. The van der Waals surface area contributed by atoms with E-state index in [-0.39, 0.29) is 29.9 Å². The van der Waals surface area contributed by atoms with Gasteiger partial charge in [-0.2, -0.15) is 8.78 Å². The Labute approximate surface area is 164 Å². The lowest BCUT2D eigenvalue weighted by Gasteiger charge is -2.47. The minimum atomic E-state index is -3.85. The molecule has 0 fully saturated rings. The predicted octanol–water partition coefficient (Wildman–Crippen LogP) is 5.44. The van der Waals surface area contributed by atoms with Crippen molar-refractivity contribution in [3.8, 4) is 11.5 Å². The quantitative estimate of drug-likeness (QED) is 0.411. The van der Waals surface area contributed by atoms with Gasteiger partial charge in [-0.15, -0.1) is 0 Å². The van der Waals surface area contributed by atoms with E-state index in [4.69, 9.17) is 9.47 Å². The van der Waals surface area contributed by atoms with Gasteiger partial charge in [-0.1, -0.05) is 25.0 Å². The summed E-state index contributed by atoms with van der Waals surface area (Å²) in [5, 5.41) is 10.6. The van der Waals surface area contributed by atoms with Gasteiger partial charge in [0.1, 0.15) is 17.1 Å². The molecule has 0 aromatic heterocycles. The van der Waals surface area contributed by atoms with E-state index in [9.17, 15) is 18.7 Å². The van der Waals surface area contributed by atoms with Crippen LogP contribution in [0.5, 0.6) is 11.5 Å². The van der Waals surface area contributed by atoms with Crippen LogP contribution >= 0.6 is 0 Å². The lowest BCUT2D eigenvalue weighted by atomic mass is 9.67. The SMILES string of the molecule is CCCCOC(=O)C(F)(F)c1cc(O)c2c(c1)OC(C)(C)C1CC=C(C)CC21. The number of fused-ring (bicyclic) bond motifs is 3. The van der Waals surface area contributed by atoms with Crippen molar-refractivity contribution in [1.29, 1.82) is 0 Å². The second-order valence-corrected chi connectivity index (χ2v) is 8.38. The minimum Gasteiger partial charge on any atom is -0.508 e. The molecule has 0 bridgehead atoms. The molecule has 0 saturated carbocycles. The molecule has 1 aliphatic heterocycles. The third kappa shape index (κ3) is 3.61. The average molecular weight is 394 g/mol. The fourth-order valence-corrected chi connectivity index (χ4v) is 4.26. The summed E-state index contributed by atoms with van der Waals surface area (Å²) in [5.74, 6) is -5.37. The summed E-state index contributed by atoms with van der Waals surface area (Å²) >= 11 is 0. The van der Waals surface area contributed by atoms with Crippen molar-refractivity contribution in [1.82, 2.24) is 0 Å². The molecule has 0 spiro atoms. The van der Waals surface area contributed by atoms with Crippen molar-refractivity contribution in [2.24, 2.45) is 5.92 Å². The molecule has 4 nitrogen and oxygen atoms in total. The fourth-order valence-electron chi connectivity index (χ4n) is 4.26. The van der Waals surface area contributed by atoms with Crippen molar-refractivity contribution in [2.75, 3.05) is 6.61 Å². The van der Waals surface area contributed by atoms with E-state index in [1.165, 1.54) is 11.6 Å². The van der Waals surface area contributed by atoms with Crippen LogP contribution in [0.4, 0.5) is 8.78 Å². The van der Waals surface area contributed by atoms with Gasteiger partial charge in [-0.05, 0) is 52.2 Å². The number of ether oxygens (including phenoxy) is 2. The molecule has 28 heavy (non-hydrogen) atoms. The van der Waals surface area contributed by atoms with Crippen LogP contribution in [0.25, 0.3) is 0 Å². The highest BCUT2D eigenvalue weighted by atomic mass is 19.3. The summed E-state index contributed by atoms with van der Waals surface area (Å²) in [6.07, 6.45) is 4.97. The Morgan fingerprint density at radius 1 is 1.39 bits per heavy atom. The van der Waals surface area contributed by atoms with E-state index in [0.29, 0.717) is 12.0 Å². The smallest absolute Gasteiger partial charge is 0.381 e. The summed E-state index contributed by atoms with van der Waals surface area (Å²) in [4.78, 5) is 11.9. The number of phenols is 1. The van der Waals surface area contributed by atoms with E-state index in [1.807, 2.05) is 27.7 Å². The van der Waals surface area contributed by atoms with Gasteiger partial charge < -0.3 is 14.6 Å². The molecule has 6 heteroatoms. The number of allylic oxidation sites excluding steroid dienone is 2. The van der Waals surface area contributed by atoms with Gasteiger partial charge in [0.25, 0.3) is 0 Å². The molecule has 0 saturated heterocycles. The largest absolute Gasteiger partial charge is 0.508 e. The standard InChI is InChI=1S/C22H28F2O4/c1-5-6-9-27-20(26)22(23,24)14-11-17(25)19-15-10-13(2)7-8-16(15)21(3,4)28-18(19)12-14/h7,11-12,15-16,25H,5-6,8-10H2,1-4H3. The molecule has 1 heterocycles. The summed E-state index contributed by atoms with van der Waals surface area (Å²) < 4.78 is 40.1. The summed E-state index contributed by atoms with van der Waals surface area (Å²) in [5.41, 5.74) is 0.577. The van der Waals surface area contributed by atoms with Crippen molar-refractivity contribution in [3.63, 3.8) is 0 Å². The Kier molecular flexibility index (Phi) is 5.43. The third-order valence-corrected chi connectivity index (χ3v) is 5.85. The van der Waals surface area contributed by atoms with Crippen LogP contribution in [0.2, 0.25) is 0 Å². The number of carbonyl (C=O) groups is 1. The molecule has 2 aliphatic rings. The lowest BCUT2D eigenvalue weighted by Crippen LogP contribution is -2.45. The molecule has 1 aromatic rings. The Morgan fingerprint density at radius 2 is 2.11 bits per heavy atom. The van der Waals surface area contributed by atoms with Crippen LogP contribution < -0.4 is 4.74 Å². The number of hydrogen-bond donors (Lipinski definition) is 1. The van der Waals surface area contributed by atoms with Crippen molar-refractivity contribution < 1.29 is 28.2 Å². The maximum atomic E-state index is 14.7. The maximum absolute atomic E-state index is 14.7. The van der Waals surface area contributed by atoms with Crippen molar-refractivity contribution >= 4 is 5.97 Å². The monoisotopic (exact) mass is 394 g/mol. The number of rotatable bonds is 5. The van der Waals surface area contributed by atoms with E-state index in [2.05, 4.69) is 6.08 Å². The fraction of sp³-hybridized carbons (Fsp3) is 0.591. The Morgan fingerprint density at radius 3 is 2.79 bits per heavy atom. The van der Waals surface area contributed by atoms with Crippen LogP contribution in [-0.4, -0.2) is 23.3 Å². The topological polar surface area (TPSA) is 55.8 Å². The molecule has 1 N–H and O–H groups in total. The molecule has 154 valence electrons. The zero-order valence-electron chi connectivity index (χ0n) is 16.9. The maximum Gasteiger partial charge on any atom is 0.381 e. The number of unbranched alkanes of at least 4 members (excludes halogenated alkanes) is 1. The number of esters is 1. The van der Waals surface area contributed by atoms with Gasteiger partial charge in [-0.25, -0.2) is 4.79 Å². The number of hydrogen-bond acceptors (Lipinski definition) is 4. The first-order chi connectivity index (χ1) is 13.1. The molecule has 2 atom stereocenters. The number of phenolic OH excluding ortho intramolecular Hbond substituents is 1. The second kappa shape index (κ2) is 7.37. The minimum absolute atomic E-state index is 0.0112. The lowest BCUT2D eigenvalue weighted by molar-refractivity contribution is -0.173. The van der Waals surface area contributed by atoms with Crippen molar-refractivity contribution in [3.05, 3.63) is 34.9 Å². The van der Waals surface area contributed by atoms with Gasteiger partial charge in [0.15, 0.2) is 0 Å². The van der Waals surface area contributed by atoms with E-state index >= 15 is 0 Å².